The Bertz CT molecular complexity index is 579. The molecule has 0 saturated heterocycles. The van der Waals surface area contributed by atoms with Crippen LogP contribution in [0.3, 0.4) is 0 Å². The summed E-state index contributed by atoms with van der Waals surface area (Å²) in [6.07, 6.45) is 0.950. The van der Waals surface area contributed by atoms with Gasteiger partial charge >= 0.3 is 0 Å². The molecule has 0 radical (unpaired) electrons. The van der Waals surface area contributed by atoms with Gasteiger partial charge in [0.05, 0.1) is 0 Å². The number of hydrogen-bond donors (Lipinski definition) is 0. The molecule has 0 saturated carbocycles. The van der Waals surface area contributed by atoms with Crippen molar-refractivity contribution in [3.8, 4) is 0 Å². The molecule has 2 heteroatoms. The van der Waals surface area contributed by atoms with Crippen molar-refractivity contribution in [2.45, 2.75) is 20.0 Å². The van der Waals surface area contributed by atoms with E-state index in [-0.39, 0.29) is 0 Å². The fraction of sp³-hybridized carbons (Fsp3) is 0.188. The Balaban J connectivity index is 1.97. The van der Waals surface area contributed by atoms with E-state index in [0.29, 0.717) is 0 Å². The van der Waals surface area contributed by atoms with Gasteiger partial charge in [0.2, 0.25) is 0 Å². The van der Waals surface area contributed by atoms with Gasteiger partial charge in [0, 0.05) is 24.3 Å². The fourth-order valence-corrected chi connectivity index (χ4v) is 2.56. The van der Waals surface area contributed by atoms with E-state index < -0.39 is 0 Å². The lowest BCUT2D eigenvalue weighted by atomic mass is 10.1. The van der Waals surface area contributed by atoms with Crippen molar-refractivity contribution < 1.29 is 4.79 Å². The largest absolute Gasteiger partial charge is 0.362 e. The van der Waals surface area contributed by atoms with E-state index in [0.717, 1.165) is 36.2 Å². The van der Waals surface area contributed by atoms with Crippen LogP contribution < -0.4 is 4.90 Å². The summed E-state index contributed by atoms with van der Waals surface area (Å²) < 4.78 is 0. The van der Waals surface area contributed by atoms with Gasteiger partial charge in [-0.15, -0.1) is 0 Å². The van der Waals surface area contributed by atoms with E-state index in [1.807, 2.05) is 19.1 Å². The summed E-state index contributed by atoms with van der Waals surface area (Å²) in [6, 6.07) is 14.5. The summed E-state index contributed by atoms with van der Waals surface area (Å²) in [5.41, 5.74) is 5.65. The monoisotopic (exact) mass is 237 g/mol. The number of carbonyl (C=O) groups is 1. The third kappa shape index (κ3) is 1.80. The molecule has 0 spiro atoms. The molecule has 0 amide bonds. The highest BCUT2D eigenvalue weighted by atomic mass is 16.1. The Kier molecular flexibility index (Phi) is 2.63. The molecule has 0 aliphatic carbocycles. The van der Waals surface area contributed by atoms with Gasteiger partial charge in [0.25, 0.3) is 0 Å². The normalized spacial score (nSPS) is 13.5. The predicted molar refractivity (Wildman–Crippen MR) is 72.9 cm³/mol. The molecular weight excluding hydrogens is 222 g/mol. The number of carbonyl (C=O) groups excluding carboxylic acids is 1. The van der Waals surface area contributed by atoms with Crippen molar-refractivity contribution in [3.05, 3.63) is 64.7 Å². The van der Waals surface area contributed by atoms with Crippen LogP contribution in [0.25, 0.3) is 0 Å². The Morgan fingerprint density at radius 2 is 1.72 bits per heavy atom. The minimum Gasteiger partial charge on any atom is -0.362 e. The second-order valence-electron chi connectivity index (χ2n) is 4.80. The number of hydrogen-bond acceptors (Lipinski definition) is 2. The van der Waals surface area contributed by atoms with Crippen LogP contribution in [0.2, 0.25) is 0 Å². The van der Waals surface area contributed by atoms with Crippen molar-refractivity contribution in [2.24, 2.45) is 0 Å². The summed E-state index contributed by atoms with van der Waals surface area (Å²) in [4.78, 5) is 13.4. The molecule has 2 aromatic rings. The standard InChI is InChI=1S/C16H15NO/c1-12-6-7-16(15(8-12)11-18)17-9-13-4-2-3-5-14(13)10-17/h2-8,11H,9-10H2,1H3. The van der Waals surface area contributed by atoms with Crippen LogP contribution >= 0.6 is 0 Å². The zero-order chi connectivity index (χ0) is 12.5. The lowest BCUT2D eigenvalue weighted by Gasteiger charge is -2.19. The highest BCUT2D eigenvalue weighted by Gasteiger charge is 2.20. The molecule has 1 aliphatic rings. The third-order valence-corrected chi connectivity index (χ3v) is 3.49. The molecule has 1 aliphatic heterocycles. The average molecular weight is 237 g/mol. The summed E-state index contributed by atoms with van der Waals surface area (Å²) in [5.74, 6) is 0. The van der Waals surface area contributed by atoms with Crippen LogP contribution in [-0.4, -0.2) is 6.29 Å². The van der Waals surface area contributed by atoms with Crippen LogP contribution in [0.4, 0.5) is 5.69 Å². The highest BCUT2D eigenvalue weighted by Crippen LogP contribution is 2.30. The lowest BCUT2D eigenvalue weighted by Crippen LogP contribution is -2.16. The minimum absolute atomic E-state index is 0.780. The molecule has 90 valence electrons. The topological polar surface area (TPSA) is 20.3 Å². The Hall–Kier alpha value is -2.09. The molecule has 2 aromatic carbocycles. The summed E-state index contributed by atoms with van der Waals surface area (Å²) in [6.45, 7) is 3.79. The average Bonchev–Trinajstić information content (AvgIpc) is 2.82. The molecule has 0 unspecified atom stereocenters. The maximum atomic E-state index is 11.2. The summed E-state index contributed by atoms with van der Waals surface area (Å²) in [5, 5.41) is 0. The Morgan fingerprint density at radius 1 is 1.06 bits per heavy atom. The first-order chi connectivity index (χ1) is 8.78. The molecule has 0 fully saturated rings. The summed E-state index contributed by atoms with van der Waals surface area (Å²) >= 11 is 0. The molecule has 18 heavy (non-hydrogen) atoms. The van der Waals surface area contributed by atoms with Gasteiger partial charge < -0.3 is 4.90 Å². The van der Waals surface area contributed by atoms with E-state index >= 15 is 0 Å². The SMILES string of the molecule is Cc1ccc(N2Cc3ccccc3C2)c(C=O)c1. The van der Waals surface area contributed by atoms with Crippen molar-refractivity contribution >= 4 is 12.0 Å². The van der Waals surface area contributed by atoms with Gasteiger partial charge in [-0.25, -0.2) is 0 Å². The van der Waals surface area contributed by atoms with Gasteiger partial charge in [-0.3, -0.25) is 4.79 Å². The van der Waals surface area contributed by atoms with Crippen LogP contribution in [0.5, 0.6) is 0 Å². The number of rotatable bonds is 2. The second-order valence-corrected chi connectivity index (χ2v) is 4.80. The van der Waals surface area contributed by atoms with E-state index in [1.165, 1.54) is 11.1 Å². The second kappa shape index (κ2) is 4.30. The molecule has 0 bridgehead atoms. The predicted octanol–water partition coefficient (Wildman–Crippen LogP) is 3.33. The van der Waals surface area contributed by atoms with Crippen LogP contribution in [0, 0.1) is 6.92 Å². The first-order valence-corrected chi connectivity index (χ1v) is 6.15. The quantitative estimate of drug-likeness (QED) is 0.747. The number of anilines is 1. The van der Waals surface area contributed by atoms with Crippen molar-refractivity contribution in [2.75, 3.05) is 4.90 Å². The van der Waals surface area contributed by atoms with Gasteiger partial charge in [-0.05, 0) is 30.2 Å². The smallest absolute Gasteiger partial charge is 0.152 e. The Labute approximate surface area is 107 Å². The summed E-state index contributed by atoms with van der Waals surface area (Å²) in [7, 11) is 0. The van der Waals surface area contributed by atoms with Crippen molar-refractivity contribution in [1.29, 1.82) is 0 Å². The number of aldehydes is 1. The van der Waals surface area contributed by atoms with Gasteiger partial charge in [0.1, 0.15) is 0 Å². The van der Waals surface area contributed by atoms with Crippen LogP contribution in [0.15, 0.2) is 42.5 Å². The highest BCUT2D eigenvalue weighted by molar-refractivity contribution is 5.85. The first kappa shape index (κ1) is 11.0. The van der Waals surface area contributed by atoms with Crippen LogP contribution in [0.1, 0.15) is 27.0 Å². The molecule has 1 heterocycles. The fourth-order valence-electron chi connectivity index (χ4n) is 2.56. The molecular formula is C16H15NO. The van der Waals surface area contributed by atoms with Crippen molar-refractivity contribution in [3.63, 3.8) is 0 Å². The molecule has 0 atom stereocenters. The van der Waals surface area contributed by atoms with E-state index in [4.69, 9.17) is 0 Å². The maximum Gasteiger partial charge on any atom is 0.152 e. The maximum absolute atomic E-state index is 11.2. The van der Waals surface area contributed by atoms with Gasteiger partial charge in [0.15, 0.2) is 6.29 Å². The number of nitrogens with zero attached hydrogens (tertiary/aromatic N) is 1. The third-order valence-electron chi connectivity index (χ3n) is 3.49. The van der Waals surface area contributed by atoms with E-state index in [9.17, 15) is 4.79 Å². The lowest BCUT2D eigenvalue weighted by molar-refractivity contribution is 0.112. The van der Waals surface area contributed by atoms with Gasteiger partial charge in [-0.2, -0.15) is 0 Å². The van der Waals surface area contributed by atoms with E-state index in [2.05, 4.69) is 35.2 Å². The zero-order valence-corrected chi connectivity index (χ0v) is 10.4. The molecule has 0 N–H and O–H groups in total. The van der Waals surface area contributed by atoms with E-state index in [1.54, 1.807) is 0 Å². The Morgan fingerprint density at radius 3 is 2.33 bits per heavy atom. The van der Waals surface area contributed by atoms with Crippen molar-refractivity contribution in [1.82, 2.24) is 0 Å². The number of benzene rings is 2. The molecule has 3 rings (SSSR count). The number of fused-ring (bicyclic) bond motifs is 1. The number of aryl methyl sites for hydroxylation is 1. The zero-order valence-electron chi connectivity index (χ0n) is 10.4. The minimum atomic E-state index is 0.780. The molecule has 0 aromatic heterocycles. The first-order valence-electron chi connectivity index (χ1n) is 6.15. The van der Waals surface area contributed by atoms with Gasteiger partial charge in [-0.1, -0.05) is 35.9 Å². The van der Waals surface area contributed by atoms with Crippen LogP contribution in [-0.2, 0) is 13.1 Å². The molecule has 2 nitrogen and oxygen atoms in total.